The number of hydrogen-bond acceptors (Lipinski definition) is 3. The molecule has 1 saturated heterocycles. The van der Waals surface area contributed by atoms with Crippen molar-refractivity contribution >= 4 is 17.8 Å². The minimum Gasteiger partial charge on any atom is -0.481 e. The van der Waals surface area contributed by atoms with Gasteiger partial charge in [0.25, 0.3) is 0 Å². The molecule has 18 heavy (non-hydrogen) atoms. The van der Waals surface area contributed by atoms with Crippen LogP contribution in [-0.4, -0.2) is 58.4 Å². The molecule has 0 radical (unpaired) electrons. The lowest BCUT2D eigenvalue weighted by atomic mass is 10.1. The molecule has 2 aliphatic rings. The number of carbonyl (C=O) groups is 3. The highest BCUT2D eigenvalue weighted by Gasteiger charge is 2.42. The smallest absolute Gasteiger partial charge is 0.305 e. The van der Waals surface area contributed by atoms with E-state index in [4.69, 9.17) is 5.11 Å². The number of carboxylic acids is 1. The van der Waals surface area contributed by atoms with Gasteiger partial charge in [-0.1, -0.05) is 0 Å². The van der Waals surface area contributed by atoms with Crippen LogP contribution in [0.15, 0.2) is 0 Å². The van der Waals surface area contributed by atoms with Crippen LogP contribution in [0, 0.1) is 5.92 Å². The zero-order valence-electron chi connectivity index (χ0n) is 10.5. The second-order valence-corrected chi connectivity index (χ2v) is 4.84. The van der Waals surface area contributed by atoms with Crippen LogP contribution in [0.25, 0.3) is 0 Å². The van der Waals surface area contributed by atoms with Crippen molar-refractivity contribution in [3.63, 3.8) is 0 Å². The zero-order valence-corrected chi connectivity index (χ0v) is 10.5. The normalized spacial score (nSPS) is 24.3. The van der Waals surface area contributed by atoms with E-state index in [0.29, 0.717) is 19.6 Å². The van der Waals surface area contributed by atoms with E-state index < -0.39 is 12.0 Å². The first-order valence-corrected chi connectivity index (χ1v) is 6.35. The van der Waals surface area contributed by atoms with Crippen LogP contribution in [0.2, 0.25) is 0 Å². The van der Waals surface area contributed by atoms with Crippen molar-refractivity contribution in [2.75, 3.05) is 19.6 Å². The van der Waals surface area contributed by atoms with E-state index in [2.05, 4.69) is 0 Å². The zero-order chi connectivity index (χ0) is 13.3. The Bertz CT molecular complexity index is 378. The van der Waals surface area contributed by atoms with Gasteiger partial charge >= 0.3 is 5.97 Å². The van der Waals surface area contributed by atoms with Crippen molar-refractivity contribution < 1.29 is 19.5 Å². The van der Waals surface area contributed by atoms with E-state index in [1.54, 1.807) is 4.90 Å². The summed E-state index contributed by atoms with van der Waals surface area (Å²) in [4.78, 5) is 38.1. The van der Waals surface area contributed by atoms with Gasteiger partial charge in [0.2, 0.25) is 11.8 Å². The monoisotopic (exact) mass is 254 g/mol. The molecule has 6 heteroatoms. The Kier molecular flexibility index (Phi) is 3.54. The Morgan fingerprint density at radius 3 is 2.50 bits per heavy atom. The van der Waals surface area contributed by atoms with Gasteiger partial charge in [-0.25, -0.2) is 0 Å². The SMILES string of the molecule is CCN1CCN(C(=O)C2CC2)C(CC(=O)O)C1=O. The molecule has 1 heterocycles. The van der Waals surface area contributed by atoms with Gasteiger partial charge in [0, 0.05) is 25.6 Å². The predicted molar refractivity (Wildman–Crippen MR) is 62.7 cm³/mol. The maximum Gasteiger partial charge on any atom is 0.305 e. The summed E-state index contributed by atoms with van der Waals surface area (Å²) in [6.45, 7) is 3.37. The lowest BCUT2D eigenvalue weighted by Gasteiger charge is -2.39. The Balaban J connectivity index is 2.13. The first-order chi connectivity index (χ1) is 8.54. The number of aliphatic carboxylic acids is 1. The second-order valence-electron chi connectivity index (χ2n) is 4.84. The van der Waals surface area contributed by atoms with E-state index in [9.17, 15) is 14.4 Å². The third kappa shape index (κ3) is 2.47. The Morgan fingerprint density at radius 1 is 1.33 bits per heavy atom. The highest BCUT2D eigenvalue weighted by atomic mass is 16.4. The van der Waals surface area contributed by atoms with E-state index in [-0.39, 0.29) is 24.2 Å². The number of amides is 2. The number of likely N-dealkylation sites (N-methyl/N-ethyl adjacent to an activating group) is 1. The largest absolute Gasteiger partial charge is 0.481 e. The van der Waals surface area contributed by atoms with E-state index in [1.165, 1.54) is 4.90 Å². The summed E-state index contributed by atoms with van der Waals surface area (Å²) in [5.41, 5.74) is 0. The standard InChI is InChI=1S/C12H18N2O4/c1-2-13-5-6-14(11(17)8-3-4-8)9(12(13)18)7-10(15)16/h8-9H,2-7H2,1H3,(H,15,16). The average Bonchev–Trinajstić information content (AvgIpc) is 3.14. The molecule has 1 aliphatic heterocycles. The topological polar surface area (TPSA) is 77.9 Å². The molecule has 0 aromatic heterocycles. The molecule has 100 valence electrons. The van der Waals surface area contributed by atoms with Gasteiger partial charge in [-0.15, -0.1) is 0 Å². The Labute approximate surface area is 106 Å². The maximum atomic E-state index is 12.1. The third-order valence-electron chi connectivity index (χ3n) is 3.54. The number of rotatable bonds is 4. The van der Waals surface area contributed by atoms with Crippen LogP contribution in [0.1, 0.15) is 26.2 Å². The fourth-order valence-electron chi connectivity index (χ4n) is 2.34. The van der Waals surface area contributed by atoms with Crippen LogP contribution < -0.4 is 0 Å². The molecule has 2 amide bonds. The summed E-state index contributed by atoms with van der Waals surface area (Å²) < 4.78 is 0. The van der Waals surface area contributed by atoms with E-state index in [0.717, 1.165) is 12.8 Å². The van der Waals surface area contributed by atoms with Crippen LogP contribution in [0.4, 0.5) is 0 Å². The summed E-state index contributed by atoms with van der Waals surface area (Å²) in [6, 6.07) is -0.815. The van der Waals surface area contributed by atoms with Gasteiger partial charge in [-0.2, -0.15) is 0 Å². The molecule has 0 aromatic carbocycles. The minimum atomic E-state index is -1.04. The molecular formula is C12H18N2O4. The van der Waals surface area contributed by atoms with Gasteiger partial charge in [0.1, 0.15) is 6.04 Å². The molecule has 2 fully saturated rings. The molecule has 0 aromatic rings. The molecule has 1 N–H and O–H groups in total. The average molecular weight is 254 g/mol. The van der Waals surface area contributed by atoms with E-state index in [1.807, 2.05) is 6.92 Å². The molecular weight excluding hydrogens is 236 g/mol. The van der Waals surface area contributed by atoms with Gasteiger partial charge < -0.3 is 14.9 Å². The quantitative estimate of drug-likeness (QED) is 0.761. The highest BCUT2D eigenvalue weighted by molar-refractivity contribution is 5.92. The van der Waals surface area contributed by atoms with Crippen molar-refractivity contribution in [3.05, 3.63) is 0 Å². The summed E-state index contributed by atoms with van der Waals surface area (Å²) in [7, 11) is 0. The fraction of sp³-hybridized carbons (Fsp3) is 0.750. The van der Waals surface area contributed by atoms with Crippen molar-refractivity contribution in [3.8, 4) is 0 Å². The molecule has 0 bridgehead atoms. The van der Waals surface area contributed by atoms with Crippen molar-refractivity contribution in [1.29, 1.82) is 0 Å². The lowest BCUT2D eigenvalue weighted by Crippen LogP contribution is -2.59. The van der Waals surface area contributed by atoms with Crippen LogP contribution >= 0.6 is 0 Å². The first-order valence-electron chi connectivity index (χ1n) is 6.35. The van der Waals surface area contributed by atoms with Crippen LogP contribution in [0.3, 0.4) is 0 Å². The summed E-state index contributed by atoms with van der Waals surface area (Å²) in [5, 5.41) is 8.89. The lowest BCUT2D eigenvalue weighted by molar-refractivity contribution is -0.156. The molecule has 1 aliphatic carbocycles. The third-order valence-corrected chi connectivity index (χ3v) is 3.54. The van der Waals surface area contributed by atoms with Gasteiger partial charge in [0.05, 0.1) is 6.42 Å². The van der Waals surface area contributed by atoms with Crippen molar-refractivity contribution in [2.45, 2.75) is 32.2 Å². The maximum absolute atomic E-state index is 12.1. The van der Waals surface area contributed by atoms with Crippen molar-refractivity contribution in [2.24, 2.45) is 5.92 Å². The van der Waals surface area contributed by atoms with Gasteiger partial charge in [0.15, 0.2) is 0 Å². The molecule has 1 unspecified atom stereocenters. The fourth-order valence-corrected chi connectivity index (χ4v) is 2.34. The minimum absolute atomic E-state index is 0.0160. The number of hydrogen-bond donors (Lipinski definition) is 1. The summed E-state index contributed by atoms with van der Waals surface area (Å²) in [6.07, 6.45) is 1.43. The highest BCUT2D eigenvalue weighted by Crippen LogP contribution is 2.32. The van der Waals surface area contributed by atoms with Gasteiger partial charge in [-0.05, 0) is 19.8 Å². The summed E-state index contributed by atoms with van der Waals surface area (Å²) in [5.74, 6) is -1.31. The van der Waals surface area contributed by atoms with Crippen LogP contribution in [-0.2, 0) is 14.4 Å². The molecule has 1 atom stereocenters. The number of piperazine rings is 1. The van der Waals surface area contributed by atoms with Crippen LogP contribution in [0.5, 0.6) is 0 Å². The number of nitrogens with zero attached hydrogens (tertiary/aromatic N) is 2. The second kappa shape index (κ2) is 4.96. The number of carboxylic acid groups (broad SMARTS) is 1. The Hall–Kier alpha value is -1.59. The molecule has 1 saturated carbocycles. The molecule has 6 nitrogen and oxygen atoms in total. The molecule has 0 spiro atoms. The first kappa shape index (κ1) is 12.9. The predicted octanol–water partition coefficient (Wildman–Crippen LogP) is -0.0696. The van der Waals surface area contributed by atoms with E-state index >= 15 is 0 Å². The summed E-state index contributed by atoms with van der Waals surface area (Å²) >= 11 is 0. The Morgan fingerprint density at radius 2 is 2.00 bits per heavy atom. The van der Waals surface area contributed by atoms with Gasteiger partial charge in [-0.3, -0.25) is 14.4 Å². The molecule has 2 rings (SSSR count). The van der Waals surface area contributed by atoms with Crippen molar-refractivity contribution in [1.82, 2.24) is 9.80 Å². The number of carbonyl (C=O) groups excluding carboxylic acids is 2.